The summed E-state index contributed by atoms with van der Waals surface area (Å²) in [5, 5.41) is 8.63. The van der Waals surface area contributed by atoms with Crippen molar-refractivity contribution in [1.82, 2.24) is 9.97 Å². The standard InChI is InChI=1S/C15H16N4S/c1-9-8-20-15(18-9)10(2)19-13-4-3-11-7-17-6-5-12(11)14(13)16/h3-8,10,19H,16H2,1-2H3. The molecule has 3 N–H and O–H groups in total. The molecule has 0 aliphatic rings. The van der Waals surface area contributed by atoms with Crippen LogP contribution in [0.25, 0.3) is 10.8 Å². The molecule has 1 atom stereocenters. The number of nitrogens with zero attached hydrogens (tertiary/aromatic N) is 2. The number of aromatic nitrogens is 2. The van der Waals surface area contributed by atoms with Crippen LogP contribution in [0.15, 0.2) is 36.0 Å². The van der Waals surface area contributed by atoms with Gasteiger partial charge in [0.15, 0.2) is 0 Å². The fourth-order valence-corrected chi connectivity index (χ4v) is 2.99. The summed E-state index contributed by atoms with van der Waals surface area (Å²) in [6.07, 6.45) is 3.58. The quantitative estimate of drug-likeness (QED) is 0.719. The third kappa shape index (κ3) is 2.32. The van der Waals surface area contributed by atoms with E-state index in [4.69, 9.17) is 5.73 Å². The molecule has 102 valence electrons. The molecule has 0 aliphatic heterocycles. The van der Waals surface area contributed by atoms with Crippen LogP contribution in [-0.4, -0.2) is 9.97 Å². The maximum atomic E-state index is 6.24. The summed E-state index contributed by atoms with van der Waals surface area (Å²) in [6.45, 7) is 4.10. The van der Waals surface area contributed by atoms with E-state index in [1.165, 1.54) is 0 Å². The minimum atomic E-state index is 0.135. The lowest BCUT2D eigenvalue weighted by Gasteiger charge is -2.16. The molecule has 0 saturated heterocycles. The Hall–Kier alpha value is -2.14. The van der Waals surface area contributed by atoms with E-state index in [0.717, 1.165) is 32.8 Å². The maximum absolute atomic E-state index is 6.24. The molecular weight excluding hydrogens is 268 g/mol. The summed E-state index contributed by atoms with van der Waals surface area (Å²) in [7, 11) is 0. The topological polar surface area (TPSA) is 63.8 Å². The van der Waals surface area contributed by atoms with E-state index in [1.807, 2.05) is 31.3 Å². The van der Waals surface area contributed by atoms with E-state index in [9.17, 15) is 0 Å². The molecule has 5 heteroatoms. The molecule has 2 heterocycles. The molecule has 0 amide bonds. The summed E-state index contributed by atoms with van der Waals surface area (Å²) in [6, 6.07) is 6.10. The molecule has 2 aromatic heterocycles. The number of rotatable bonds is 3. The number of aryl methyl sites for hydroxylation is 1. The normalized spacial score (nSPS) is 12.5. The van der Waals surface area contributed by atoms with Crippen LogP contribution < -0.4 is 11.1 Å². The highest BCUT2D eigenvalue weighted by Crippen LogP contribution is 2.31. The van der Waals surface area contributed by atoms with Gasteiger partial charge in [-0.15, -0.1) is 11.3 Å². The van der Waals surface area contributed by atoms with Crippen molar-refractivity contribution in [3.8, 4) is 0 Å². The van der Waals surface area contributed by atoms with Gasteiger partial charge in [0, 0.05) is 34.2 Å². The Bertz CT molecular complexity index is 750. The smallest absolute Gasteiger partial charge is 0.115 e. The zero-order chi connectivity index (χ0) is 14.1. The number of nitrogen functional groups attached to an aromatic ring is 1. The lowest BCUT2D eigenvalue weighted by molar-refractivity contribution is 0.865. The van der Waals surface area contributed by atoms with Crippen molar-refractivity contribution < 1.29 is 0 Å². The zero-order valence-corrected chi connectivity index (χ0v) is 12.2. The number of fused-ring (bicyclic) bond motifs is 1. The first-order valence-corrected chi connectivity index (χ1v) is 7.34. The lowest BCUT2D eigenvalue weighted by atomic mass is 10.1. The highest BCUT2D eigenvalue weighted by atomic mass is 32.1. The molecule has 0 fully saturated rings. The van der Waals surface area contributed by atoms with Gasteiger partial charge in [0.05, 0.1) is 17.4 Å². The molecule has 0 spiro atoms. The van der Waals surface area contributed by atoms with Crippen molar-refractivity contribution in [2.75, 3.05) is 11.1 Å². The van der Waals surface area contributed by atoms with Crippen molar-refractivity contribution in [2.45, 2.75) is 19.9 Å². The van der Waals surface area contributed by atoms with Crippen molar-refractivity contribution >= 4 is 33.5 Å². The molecule has 1 unspecified atom stereocenters. The highest BCUT2D eigenvalue weighted by Gasteiger charge is 2.12. The third-order valence-corrected chi connectivity index (χ3v) is 4.39. The first kappa shape index (κ1) is 12.9. The lowest BCUT2D eigenvalue weighted by Crippen LogP contribution is -2.08. The minimum absolute atomic E-state index is 0.135. The third-order valence-electron chi connectivity index (χ3n) is 3.24. The van der Waals surface area contributed by atoms with Gasteiger partial charge in [-0.05, 0) is 26.0 Å². The van der Waals surface area contributed by atoms with Gasteiger partial charge in [-0.1, -0.05) is 6.07 Å². The van der Waals surface area contributed by atoms with Gasteiger partial charge in [0.1, 0.15) is 5.01 Å². The number of hydrogen-bond donors (Lipinski definition) is 2. The van der Waals surface area contributed by atoms with Gasteiger partial charge in [-0.2, -0.15) is 0 Å². The largest absolute Gasteiger partial charge is 0.397 e. The van der Waals surface area contributed by atoms with E-state index in [-0.39, 0.29) is 6.04 Å². The van der Waals surface area contributed by atoms with E-state index >= 15 is 0 Å². The van der Waals surface area contributed by atoms with Crippen LogP contribution in [0, 0.1) is 6.92 Å². The van der Waals surface area contributed by atoms with Crippen LogP contribution >= 0.6 is 11.3 Å². The molecular formula is C15H16N4S. The zero-order valence-electron chi connectivity index (χ0n) is 11.4. The Labute approximate surface area is 121 Å². The molecule has 0 radical (unpaired) electrons. The monoisotopic (exact) mass is 284 g/mol. The second-order valence-corrected chi connectivity index (χ2v) is 5.71. The second kappa shape index (κ2) is 5.09. The molecule has 0 aliphatic carbocycles. The number of pyridine rings is 1. The number of nitrogens with two attached hydrogens (primary N) is 1. The van der Waals surface area contributed by atoms with Crippen LogP contribution in [0.3, 0.4) is 0 Å². The summed E-state index contributed by atoms with van der Waals surface area (Å²) < 4.78 is 0. The number of benzene rings is 1. The van der Waals surface area contributed by atoms with E-state index < -0.39 is 0 Å². The van der Waals surface area contributed by atoms with Gasteiger partial charge in [0.2, 0.25) is 0 Å². The van der Waals surface area contributed by atoms with Crippen LogP contribution in [-0.2, 0) is 0 Å². The van der Waals surface area contributed by atoms with Gasteiger partial charge in [0.25, 0.3) is 0 Å². The molecule has 4 nitrogen and oxygen atoms in total. The number of hydrogen-bond acceptors (Lipinski definition) is 5. The Morgan fingerprint density at radius 3 is 2.90 bits per heavy atom. The minimum Gasteiger partial charge on any atom is -0.397 e. The molecule has 3 rings (SSSR count). The maximum Gasteiger partial charge on any atom is 0.115 e. The Balaban J connectivity index is 1.93. The van der Waals surface area contributed by atoms with Gasteiger partial charge < -0.3 is 11.1 Å². The first-order chi connectivity index (χ1) is 9.65. The Morgan fingerprint density at radius 1 is 1.30 bits per heavy atom. The van der Waals surface area contributed by atoms with Gasteiger partial charge >= 0.3 is 0 Å². The number of nitrogens with one attached hydrogen (secondary N) is 1. The molecule has 20 heavy (non-hydrogen) atoms. The van der Waals surface area contributed by atoms with Crippen molar-refractivity contribution in [3.63, 3.8) is 0 Å². The van der Waals surface area contributed by atoms with Crippen LogP contribution in [0.2, 0.25) is 0 Å². The average molecular weight is 284 g/mol. The van der Waals surface area contributed by atoms with Crippen molar-refractivity contribution in [1.29, 1.82) is 0 Å². The summed E-state index contributed by atoms with van der Waals surface area (Å²) in [5.74, 6) is 0. The first-order valence-electron chi connectivity index (χ1n) is 6.46. The van der Waals surface area contributed by atoms with E-state index in [2.05, 4.69) is 27.6 Å². The van der Waals surface area contributed by atoms with Crippen molar-refractivity contribution in [3.05, 3.63) is 46.7 Å². The van der Waals surface area contributed by atoms with Crippen LogP contribution in [0.4, 0.5) is 11.4 Å². The predicted octanol–water partition coefficient (Wildman–Crippen LogP) is 3.76. The van der Waals surface area contributed by atoms with E-state index in [0.29, 0.717) is 0 Å². The SMILES string of the molecule is Cc1csc(C(C)Nc2ccc3cnccc3c2N)n1. The van der Waals surface area contributed by atoms with E-state index in [1.54, 1.807) is 17.5 Å². The fourth-order valence-electron chi connectivity index (χ4n) is 2.18. The highest BCUT2D eigenvalue weighted by molar-refractivity contribution is 7.09. The van der Waals surface area contributed by atoms with Gasteiger partial charge in [-0.3, -0.25) is 4.98 Å². The summed E-state index contributed by atoms with van der Waals surface area (Å²) in [4.78, 5) is 8.61. The Kier molecular flexibility index (Phi) is 3.28. The fraction of sp³-hybridized carbons (Fsp3) is 0.200. The van der Waals surface area contributed by atoms with Crippen LogP contribution in [0.1, 0.15) is 23.7 Å². The number of anilines is 2. The Morgan fingerprint density at radius 2 is 2.15 bits per heavy atom. The average Bonchev–Trinajstić information content (AvgIpc) is 2.89. The predicted molar refractivity (Wildman–Crippen MR) is 85.0 cm³/mol. The molecule has 3 aromatic rings. The number of thiazole rings is 1. The van der Waals surface area contributed by atoms with Crippen molar-refractivity contribution in [2.24, 2.45) is 0 Å². The molecule has 0 bridgehead atoms. The van der Waals surface area contributed by atoms with Crippen LogP contribution in [0.5, 0.6) is 0 Å². The van der Waals surface area contributed by atoms with Gasteiger partial charge in [-0.25, -0.2) is 4.98 Å². The summed E-state index contributed by atoms with van der Waals surface area (Å²) in [5.41, 5.74) is 8.98. The molecule has 0 saturated carbocycles. The second-order valence-electron chi connectivity index (χ2n) is 4.82. The summed E-state index contributed by atoms with van der Waals surface area (Å²) >= 11 is 1.66. The molecule has 1 aromatic carbocycles.